The molecule has 2 aromatic rings. The molecular formula is C26H35N3O3S. The smallest absolute Gasteiger partial charge is 0.243 e. The van der Waals surface area contributed by atoms with Gasteiger partial charge in [-0.1, -0.05) is 29.8 Å². The third-order valence-electron chi connectivity index (χ3n) is 6.89. The zero-order valence-corrected chi connectivity index (χ0v) is 20.5. The highest BCUT2D eigenvalue weighted by Crippen LogP contribution is 2.26. The van der Waals surface area contributed by atoms with Crippen LogP contribution in [0.3, 0.4) is 0 Å². The third kappa shape index (κ3) is 5.58. The highest BCUT2D eigenvalue weighted by molar-refractivity contribution is 7.89. The first-order valence-electron chi connectivity index (χ1n) is 12.1. The molecule has 178 valence electrons. The first-order chi connectivity index (χ1) is 15.8. The van der Waals surface area contributed by atoms with Crippen LogP contribution in [0.2, 0.25) is 0 Å². The maximum atomic E-state index is 13.1. The number of amides is 1. The molecule has 2 atom stereocenters. The van der Waals surface area contributed by atoms with Gasteiger partial charge in [-0.3, -0.25) is 4.79 Å². The summed E-state index contributed by atoms with van der Waals surface area (Å²) in [6.45, 7) is 6.80. The molecule has 1 N–H and O–H groups in total. The molecule has 0 unspecified atom stereocenters. The van der Waals surface area contributed by atoms with E-state index in [1.54, 1.807) is 24.3 Å². The minimum absolute atomic E-state index is 0.0774. The monoisotopic (exact) mass is 469 g/mol. The standard InChI is InChI=1S/C26H35N3O3S/c1-20-8-14-25(15-9-20)33(31,32)29-18-6-7-23(19-29)26(30)27-21(2)22-10-12-24(13-11-22)28-16-4-3-5-17-28/h8-15,21,23H,3-7,16-19H2,1-2H3,(H,27,30)/t21-,23+/m0/s1. The van der Waals surface area contributed by atoms with E-state index in [1.807, 2.05) is 13.8 Å². The fourth-order valence-corrected chi connectivity index (χ4v) is 6.30. The van der Waals surface area contributed by atoms with Crippen molar-refractivity contribution < 1.29 is 13.2 Å². The van der Waals surface area contributed by atoms with Crippen molar-refractivity contribution in [3.8, 4) is 0 Å². The fourth-order valence-electron chi connectivity index (χ4n) is 4.77. The van der Waals surface area contributed by atoms with E-state index in [1.165, 1.54) is 29.3 Å². The van der Waals surface area contributed by atoms with Crippen LogP contribution in [0.4, 0.5) is 5.69 Å². The van der Waals surface area contributed by atoms with Gasteiger partial charge in [-0.2, -0.15) is 4.31 Å². The van der Waals surface area contributed by atoms with Crippen molar-refractivity contribution in [2.45, 2.75) is 56.9 Å². The summed E-state index contributed by atoms with van der Waals surface area (Å²) in [7, 11) is -3.59. The number of hydrogen-bond acceptors (Lipinski definition) is 4. The molecule has 33 heavy (non-hydrogen) atoms. The Balaban J connectivity index is 1.37. The molecule has 2 aliphatic heterocycles. The second-order valence-corrected chi connectivity index (χ2v) is 11.3. The van der Waals surface area contributed by atoms with Gasteiger partial charge in [0.25, 0.3) is 0 Å². The fraction of sp³-hybridized carbons (Fsp3) is 0.500. The van der Waals surface area contributed by atoms with Crippen molar-refractivity contribution in [1.29, 1.82) is 0 Å². The number of nitrogens with zero attached hydrogens (tertiary/aromatic N) is 2. The summed E-state index contributed by atoms with van der Waals surface area (Å²) in [6, 6.07) is 15.2. The summed E-state index contributed by atoms with van der Waals surface area (Å²) in [5.74, 6) is -0.416. The predicted octanol–water partition coefficient (Wildman–Crippen LogP) is 4.26. The number of aryl methyl sites for hydroxylation is 1. The van der Waals surface area contributed by atoms with Crippen molar-refractivity contribution in [3.63, 3.8) is 0 Å². The molecule has 2 aliphatic rings. The van der Waals surface area contributed by atoms with Gasteiger partial charge < -0.3 is 10.2 Å². The summed E-state index contributed by atoms with van der Waals surface area (Å²) in [4.78, 5) is 15.7. The zero-order chi connectivity index (χ0) is 23.4. The average Bonchev–Trinajstić information content (AvgIpc) is 2.85. The number of hydrogen-bond donors (Lipinski definition) is 1. The van der Waals surface area contributed by atoms with Gasteiger partial charge in [0.2, 0.25) is 15.9 Å². The molecular weight excluding hydrogens is 434 g/mol. The van der Waals surface area contributed by atoms with Gasteiger partial charge in [0, 0.05) is 31.9 Å². The number of benzene rings is 2. The molecule has 7 heteroatoms. The van der Waals surface area contributed by atoms with E-state index >= 15 is 0 Å². The van der Waals surface area contributed by atoms with Crippen LogP contribution in [-0.2, 0) is 14.8 Å². The Kier molecular flexibility index (Phi) is 7.39. The van der Waals surface area contributed by atoms with Gasteiger partial charge >= 0.3 is 0 Å². The Hall–Kier alpha value is -2.38. The van der Waals surface area contributed by atoms with Gasteiger partial charge in [-0.15, -0.1) is 0 Å². The molecule has 2 aromatic carbocycles. The van der Waals surface area contributed by atoms with Crippen LogP contribution in [0.5, 0.6) is 0 Å². The highest BCUT2D eigenvalue weighted by atomic mass is 32.2. The Morgan fingerprint density at radius 3 is 2.27 bits per heavy atom. The van der Waals surface area contributed by atoms with E-state index in [0.29, 0.717) is 19.4 Å². The first kappa shape index (κ1) is 23.8. The van der Waals surface area contributed by atoms with Crippen LogP contribution in [0.15, 0.2) is 53.4 Å². The van der Waals surface area contributed by atoms with Gasteiger partial charge in [-0.05, 0) is 75.8 Å². The van der Waals surface area contributed by atoms with E-state index in [4.69, 9.17) is 0 Å². The van der Waals surface area contributed by atoms with Crippen molar-refractivity contribution >= 4 is 21.6 Å². The zero-order valence-electron chi connectivity index (χ0n) is 19.7. The van der Waals surface area contributed by atoms with Crippen LogP contribution < -0.4 is 10.2 Å². The van der Waals surface area contributed by atoms with Crippen LogP contribution in [0, 0.1) is 12.8 Å². The molecule has 0 aliphatic carbocycles. The lowest BCUT2D eigenvalue weighted by Crippen LogP contribution is -2.45. The summed E-state index contributed by atoms with van der Waals surface area (Å²) in [6.07, 6.45) is 5.18. The molecule has 0 saturated carbocycles. The summed E-state index contributed by atoms with van der Waals surface area (Å²) >= 11 is 0. The van der Waals surface area contributed by atoms with Crippen molar-refractivity contribution in [2.75, 3.05) is 31.1 Å². The number of nitrogens with one attached hydrogen (secondary N) is 1. The van der Waals surface area contributed by atoms with Crippen molar-refractivity contribution in [1.82, 2.24) is 9.62 Å². The molecule has 0 bridgehead atoms. The Morgan fingerprint density at radius 1 is 0.939 bits per heavy atom. The molecule has 4 rings (SSSR count). The largest absolute Gasteiger partial charge is 0.372 e. The van der Waals surface area contributed by atoms with Crippen LogP contribution in [0.25, 0.3) is 0 Å². The quantitative estimate of drug-likeness (QED) is 0.686. The third-order valence-corrected chi connectivity index (χ3v) is 8.77. The van der Waals surface area contributed by atoms with E-state index in [2.05, 4.69) is 34.5 Å². The van der Waals surface area contributed by atoms with Crippen LogP contribution in [0.1, 0.15) is 56.2 Å². The lowest BCUT2D eigenvalue weighted by Gasteiger charge is -2.32. The maximum absolute atomic E-state index is 13.1. The summed E-state index contributed by atoms with van der Waals surface area (Å²) in [5.41, 5.74) is 3.31. The molecule has 0 aromatic heterocycles. The van der Waals surface area contributed by atoms with Crippen molar-refractivity contribution in [3.05, 3.63) is 59.7 Å². The van der Waals surface area contributed by atoms with Gasteiger partial charge in [-0.25, -0.2) is 8.42 Å². The number of piperidine rings is 2. The average molecular weight is 470 g/mol. The minimum atomic E-state index is -3.59. The van der Waals surface area contributed by atoms with Crippen LogP contribution >= 0.6 is 0 Å². The Bertz CT molecular complexity index is 1050. The van der Waals surface area contributed by atoms with Gasteiger partial charge in [0.05, 0.1) is 16.9 Å². The molecule has 0 radical (unpaired) electrons. The molecule has 0 spiro atoms. The number of rotatable bonds is 6. The van der Waals surface area contributed by atoms with E-state index < -0.39 is 10.0 Å². The number of anilines is 1. The molecule has 1 amide bonds. The normalized spacial score (nSPS) is 20.9. The number of carbonyl (C=O) groups excluding carboxylic acids is 1. The Labute approximate surface area is 198 Å². The SMILES string of the molecule is Cc1ccc(S(=O)(=O)N2CCC[C@@H](C(=O)N[C@@H](C)c3ccc(N4CCCCC4)cc3)C2)cc1. The second kappa shape index (κ2) is 10.3. The molecule has 2 fully saturated rings. The van der Waals surface area contributed by atoms with E-state index in [0.717, 1.165) is 24.2 Å². The first-order valence-corrected chi connectivity index (χ1v) is 13.5. The van der Waals surface area contributed by atoms with E-state index in [-0.39, 0.29) is 29.3 Å². The maximum Gasteiger partial charge on any atom is 0.243 e. The topological polar surface area (TPSA) is 69.7 Å². The number of sulfonamides is 1. The second-order valence-electron chi connectivity index (χ2n) is 9.38. The highest BCUT2D eigenvalue weighted by Gasteiger charge is 2.33. The van der Waals surface area contributed by atoms with Crippen molar-refractivity contribution in [2.24, 2.45) is 5.92 Å². The molecule has 2 heterocycles. The van der Waals surface area contributed by atoms with E-state index in [9.17, 15) is 13.2 Å². The summed E-state index contributed by atoms with van der Waals surface area (Å²) in [5, 5.41) is 3.11. The Morgan fingerprint density at radius 2 is 1.61 bits per heavy atom. The molecule has 6 nitrogen and oxygen atoms in total. The molecule has 2 saturated heterocycles. The minimum Gasteiger partial charge on any atom is -0.372 e. The van der Waals surface area contributed by atoms with Gasteiger partial charge in [0.15, 0.2) is 0 Å². The predicted molar refractivity (Wildman–Crippen MR) is 132 cm³/mol. The van der Waals surface area contributed by atoms with Gasteiger partial charge in [0.1, 0.15) is 0 Å². The summed E-state index contributed by atoms with van der Waals surface area (Å²) < 4.78 is 27.6. The van der Waals surface area contributed by atoms with Crippen LogP contribution in [-0.4, -0.2) is 44.8 Å². The number of carbonyl (C=O) groups is 1. The lowest BCUT2D eigenvalue weighted by atomic mass is 9.97. The lowest BCUT2D eigenvalue weighted by molar-refractivity contribution is -0.126.